The second-order valence-electron chi connectivity index (χ2n) is 13.0. The highest BCUT2D eigenvalue weighted by atomic mass is 15.1. The van der Waals surface area contributed by atoms with Crippen molar-refractivity contribution in [3.63, 3.8) is 0 Å². The Kier molecular flexibility index (Phi) is 12.2. The van der Waals surface area contributed by atoms with Crippen molar-refractivity contribution in [2.75, 3.05) is 19.4 Å². The Labute approximate surface area is 268 Å². The van der Waals surface area contributed by atoms with Crippen molar-refractivity contribution in [1.29, 1.82) is 0 Å². The van der Waals surface area contributed by atoms with Crippen LogP contribution in [0, 0.1) is 5.41 Å². The fourth-order valence-electron chi connectivity index (χ4n) is 5.96. The molecule has 0 bridgehead atoms. The molecular formula is C42H54N2. The molecule has 3 rings (SSSR count). The largest absolute Gasteiger partial charge is 0.388 e. The van der Waals surface area contributed by atoms with Gasteiger partial charge in [-0.1, -0.05) is 144 Å². The summed E-state index contributed by atoms with van der Waals surface area (Å²) < 4.78 is 0. The fourth-order valence-corrected chi connectivity index (χ4v) is 5.96. The Balaban J connectivity index is 1.90. The van der Waals surface area contributed by atoms with Gasteiger partial charge in [0.05, 0.1) is 0 Å². The number of rotatable bonds is 11. The lowest BCUT2D eigenvalue weighted by atomic mass is 9.78. The molecule has 2 nitrogen and oxygen atoms in total. The molecule has 0 aromatic heterocycles. The molecule has 232 valence electrons. The molecule has 0 radical (unpaired) electrons. The van der Waals surface area contributed by atoms with Crippen molar-refractivity contribution >= 4 is 16.5 Å². The van der Waals surface area contributed by atoms with Crippen LogP contribution in [0.4, 0.5) is 5.69 Å². The van der Waals surface area contributed by atoms with Gasteiger partial charge in [0, 0.05) is 37.1 Å². The number of allylic oxidation sites excluding steroid dienone is 15. The summed E-state index contributed by atoms with van der Waals surface area (Å²) in [5.41, 5.74) is 8.77. The third kappa shape index (κ3) is 8.76. The van der Waals surface area contributed by atoms with E-state index in [9.17, 15) is 0 Å². The van der Waals surface area contributed by atoms with Gasteiger partial charge < -0.3 is 10.2 Å². The second kappa shape index (κ2) is 15.6. The molecule has 44 heavy (non-hydrogen) atoms. The minimum atomic E-state index is -0.142. The molecule has 0 atom stereocenters. The maximum atomic E-state index is 3.82. The summed E-state index contributed by atoms with van der Waals surface area (Å²) in [4.78, 5) is 2.25. The van der Waals surface area contributed by atoms with E-state index in [0.29, 0.717) is 0 Å². The van der Waals surface area contributed by atoms with Crippen molar-refractivity contribution in [2.45, 2.75) is 73.1 Å². The van der Waals surface area contributed by atoms with Gasteiger partial charge in [-0.2, -0.15) is 0 Å². The predicted octanol–water partition coefficient (Wildman–Crippen LogP) is 11.8. The molecule has 0 saturated carbocycles. The molecular weight excluding hydrogens is 532 g/mol. The zero-order valence-corrected chi connectivity index (χ0v) is 28.7. The highest BCUT2D eigenvalue weighted by Crippen LogP contribution is 2.39. The van der Waals surface area contributed by atoms with Crippen LogP contribution in [-0.2, 0) is 5.41 Å². The summed E-state index contributed by atoms with van der Waals surface area (Å²) in [5, 5.41) is 6.05. The number of fused-ring (bicyclic) bond motifs is 1. The molecule has 1 heterocycles. The first-order valence-electron chi connectivity index (χ1n) is 16.0. The topological polar surface area (TPSA) is 15.3 Å². The van der Waals surface area contributed by atoms with Crippen LogP contribution in [0.5, 0.6) is 0 Å². The number of hydrogen-bond acceptors (Lipinski definition) is 2. The van der Waals surface area contributed by atoms with Crippen LogP contribution in [0.2, 0.25) is 0 Å². The lowest BCUT2D eigenvalue weighted by Gasteiger charge is -2.34. The zero-order valence-electron chi connectivity index (χ0n) is 28.7. The summed E-state index contributed by atoms with van der Waals surface area (Å²) in [7, 11) is 4.16. The summed E-state index contributed by atoms with van der Waals surface area (Å²) in [5.74, 6) is 0. The molecule has 1 aliphatic rings. The van der Waals surface area contributed by atoms with Crippen molar-refractivity contribution in [2.24, 2.45) is 5.41 Å². The molecule has 0 saturated heterocycles. The van der Waals surface area contributed by atoms with Gasteiger partial charge in [-0.05, 0) is 77.8 Å². The van der Waals surface area contributed by atoms with Gasteiger partial charge in [0.15, 0.2) is 0 Å². The Hall–Kier alpha value is -4.04. The number of anilines is 1. The first kappa shape index (κ1) is 34.5. The van der Waals surface area contributed by atoms with E-state index >= 15 is 0 Å². The first-order valence-corrected chi connectivity index (χ1v) is 16.0. The monoisotopic (exact) mass is 586 g/mol. The molecule has 1 N–H and O–H groups in total. The van der Waals surface area contributed by atoms with E-state index in [1.807, 2.05) is 19.2 Å². The van der Waals surface area contributed by atoms with E-state index in [-0.39, 0.29) is 10.8 Å². The number of benzene rings is 2. The molecule has 2 aromatic carbocycles. The van der Waals surface area contributed by atoms with Crippen molar-refractivity contribution in [3.05, 3.63) is 150 Å². The highest BCUT2D eigenvalue weighted by Gasteiger charge is 2.28. The molecule has 2 heteroatoms. The van der Waals surface area contributed by atoms with Crippen LogP contribution >= 0.6 is 0 Å². The smallest absolute Gasteiger partial charge is 0.0382 e. The average molecular weight is 587 g/mol. The quantitative estimate of drug-likeness (QED) is 0.263. The maximum absolute atomic E-state index is 3.82. The summed E-state index contributed by atoms with van der Waals surface area (Å²) in [6.45, 7) is 19.8. The molecule has 0 spiro atoms. The van der Waals surface area contributed by atoms with E-state index in [1.165, 1.54) is 50.0 Å². The van der Waals surface area contributed by atoms with E-state index < -0.39 is 0 Å². The van der Waals surface area contributed by atoms with Gasteiger partial charge in [0.1, 0.15) is 0 Å². The fraction of sp³-hybridized carbons (Fsp3) is 0.333. The molecule has 0 unspecified atom stereocenters. The standard InChI is InChI=1S/C42H54N2/c1-11-13-20-35-21-17-29-44(10)39(42(7,8)33(4)31-35)27-24-34(18-12-2)30-32(3)19-16-28-41(5,6)40-37-23-15-14-22-36(37)25-26-38(40)43-9/h11,13-17,19-27,29-31,43H,1,12,18,28H2,2-10H3/b19-16+,20-13-,29-17+,32-30+,33-31+,34-24+,35-21-,39-27+. The van der Waals surface area contributed by atoms with Crippen LogP contribution in [-0.4, -0.2) is 19.0 Å². The van der Waals surface area contributed by atoms with Gasteiger partial charge in [0.25, 0.3) is 0 Å². The molecule has 2 aromatic rings. The van der Waals surface area contributed by atoms with Crippen LogP contribution in [0.15, 0.2) is 144 Å². The molecule has 1 aliphatic heterocycles. The second-order valence-corrected chi connectivity index (χ2v) is 13.0. The van der Waals surface area contributed by atoms with Gasteiger partial charge >= 0.3 is 0 Å². The SMILES string of the molecule is C=C\C=C/C1=C/C=C/N(C)/C(=C/C=C(/C=C(C)/C=C/CC(C)(C)c2c(NC)ccc3ccccc23)CCC)C(C)(C)\C(C)=C\1. The highest BCUT2D eigenvalue weighted by molar-refractivity contribution is 5.91. The maximum Gasteiger partial charge on any atom is 0.0382 e. The van der Waals surface area contributed by atoms with Crippen molar-refractivity contribution < 1.29 is 0 Å². The van der Waals surface area contributed by atoms with Crippen molar-refractivity contribution in [3.8, 4) is 0 Å². The Bertz CT molecular complexity index is 1560. The van der Waals surface area contributed by atoms with E-state index in [2.05, 4.69) is 170 Å². The van der Waals surface area contributed by atoms with Gasteiger partial charge in [-0.3, -0.25) is 0 Å². The molecule has 0 fully saturated rings. The summed E-state index contributed by atoms with van der Waals surface area (Å²) in [6, 6.07) is 13.1. The van der Waals surface area contributed by atoms with E-state index in [4.69, 9.17) is 0 Å². The molecule has 0 aliphatic carbocycles. The third-order valence-corrected chi connectivity index (χ3v) is 8.70. The minimum Gasteiger partial charge on any atom is -0.388 e. The van der Waals surface area contributed by atoms with Gasteiger partial charge in [-0.15, -0.1) is 0 Å². The summed E-state index contributed by atoms with van der Waals surface area (Å²) >= 11 is 0. The lowest BCUT2D eigenvalue weighted by molar-refractivity contribution is 0.397. The third-order valence-electron chi connectivity index (χ3n) is 8.70. The Morgan fingerprint density at radius 3 is 2.57 bits per heavy atom. The minimum absolute atomic E-state index is 0.0231. The number of nitrogens with zero attached hydrogens (tertiary/aromatic N) is 1. The van der Waals surface area contributed by atoms with Crippen LogP contribution in [0.25, 0.3) is 10.8 Å². The van der Waals surface area contributed by atoms with E-state index in [1.54, 1.807) is 0 Å². The van der Waals surface area contributed by atoms with Gasteiger partial charge in [-0.25, -0.2) is 0 Å². The van der Waals surface area contributed by atoms with Crippen molar-refractivity contribution in [1.82, 2.24) is 4.90 Å². The Morgan fingerprint density at radius 2 is 1.86 bits per heavy atom. The van der Waals surface area contributed by atoms with Gasteiger partial charge in [0.2, 0.25) is 0 Å². The normalized spacial score (nSPS) is 20.7. The lowest BCUT2D eigenvalue weighted by Crippen LogP contribution is -2.26. The van der Waals surface area contributed by atoms with E-state index in [0.717, 1.165) is 19.3 Å². The first-order chi connectivity index (χ1) is 20.9. The van der Waals surface area contributed by atoms with Crippen LogP contribution in [0.3, 0.4) is 0 Å². The van der Waals surface area contributed by atoms with Crippen LogP contribution < -0.4 is 5.32 Å². The molecule has 0 amide bonds. The zero-order chi connectivity index (χ0) is 32.3. The van der Waals surface area contributed by atoms with Crippen LogP contribution in [0.1, 0.15) is 73.3 Å². The Morgan fingerprint density at radius 1 is 1.11 bits per heavy atom. The predicted molar refractivity (Wildman–Crippen MR) is 197 cm³/mol. The summed E-state index contributed by atoms with van der Waals surface area (Å²) in [6.07, 6.45) is 29.3. The average Bonchev–Trinajstić information content (AvgIpc) is 3.01. The number of nitrogens with one attached hydrogen (secondary N) is 1. The number of hydrogen-bond donors (Lipinski definition) is 1.